The Balaban J connectivity index is 1.87. The maximum atomic E-state index is 13.4. The summed E-state index contributed by atoms with van der Waals surface area (Å²) in [6.45, 7) is 5.63. The van der Waals surface area contributed by atoms with Crippen LogP contribution in [0.1, 0.15) is 29.9 Å². The average molecular weight is 347 g/mol. The topological polar surface area (TPSA) is 66.7 Å². The van der Waals surface area contributed by atoms with Crippen LogP contribution in [0.5, 0.6) is 0 Å². The summed E-state index contributed by atoms with van der Waals surface area (Å²) in [4.78, 5) is 2.59. The molecule has 0 aliphatic carbocycles. The molecule has 4 rings (SSSR count). The number of hydrogen-bond donors (Lipinski definition) is 0. The van der Waals surface area contributed by atoms with Crippen molar-refractivity contribution in [3.63, 3.8) is 0 Å². The van der Waals surface area contributed by atoms with Crippen LogP contribution in [-0.4, -0.2) is 37.6 Å². The predicted octanol–water partition coefficient (Wildman–Crippen LogP) is 2.46. The van der Waals surface area contributed by atoms with Crippen molar-refractivity contribution in [2.75, 3.05) is 17.4 Å². The second-order valence-electron chi connectivity index (χ2n) is 6.58. The van der Waals surface area contributed by atoms with Crippen molar-refractivity contribution in [1.29, 1.82) is 0 Å². The minimum Gasteiger partial charge on any atom is -0.360 e. The lowest BCUT2D eigenvalue weighted by Crippen LogP contribution is -2.40. The Labute approximate surface area is 142 Å². The van der Waals surface area contributed by atoms with E-state index in [0.29, 0.717) is 18.0 Å². The fraction of sp³-hybridized carbons (Fsp3) is 0.471. The average Bonchev–Trinajstić information content (AvgIpc) is 3.08. The van der Waals surface area contributed by atoms with Crippen LogP contribution >= 0.6 is 0 Å². The van der Waals surface area contributed by atoms with Crippen LogP contribution in [0.2, 0.25) is 0 Å². The number of benzene rings is 1. The zero-order valence-corrected chi connectivity index (χ0v) is 14.7. The lowest BCUT2D eigenvalue weighted by Gasteiger charge is -2.27. The van der Waals surface area contributed by atoms with Gasteiger partial charge >= 0.3 is 0 Å². The Bertz CT molecular complexity index is 855. The molecule has 2 aliphatic rings. The number of anilines is 1. The summed E-state index contributed by atoms with van der Waals surface area (Å²) < 4.78 is 33.5. The maximum absolute atomic E-state index is 13.4. The van der Waals surface area contributed by atoms with Gasteiger partial charge in [0.1, 0.15) is 5.69 Å². The van der Waals surface area contributed by atoms with Gasteiger partial charge in [0.05, 0.1) is 5.69 Å². The van der Waals surface area contributed by atoms with E-state index in [9.17, 15) is 8.42 Å². The highest BCUT2D eigenvalue weighted by Gasteiger charge is 2.38. The lowest BCUT2D eigenvalue weighted by molar-refractivity contribution is 0.257. The van der Waals surface area contributed by atoms with Gasteiger partial charge < -0.3 is 4.52 Å². The highest BCUT2D eigenvalue weighted by molar-refractivity contribution is 7.93. The number of hydrogen-bond acceptors (Lipinski definition) is 5. The third kappa shape index (κ3) is 2.34. The number of para-hydroxylation sites is 1. The van der Waals surface area contributed by atoms with Gasteiger partial charge in [0.15, 0.2) is 10.7 Å². The Kier molecular flexibility index (Phi) is 3.65. The Morgan fingerprint density at radius 2 is 2.04 bits per heavy atom. The first-order valence-corrected chi connectivity index (χ1v) is 9.70. The van der Waals surface area contributed by atoms with Gasteiger partial charge in [0.2, 0.25) is 0 Å². The summed E-state index contributed by atoms with van der Waals surface area (Å²) in [5.74, 6) is 0.345. The molecule has 2 aliphatic heterocycles. The SMILES string of the molecule is Cc1noc(C)c1S(=O)(=O)N1C[C@@H]2CCCN2Cc2ccccc21. The maximum Gasteiger partial charge on any atom is 0.269 e. The zero-order chi connectivity index (χ0) is 16.9. The molecule has 6 nitrogen and oxygen atoms in total. The number of rotatable bonds is 2. The van der Waals surface area contributed by atoms with Crippen LogP contribution in [-0.2, 0) is 16.6 Å². The molecule has 128 valence electrons. The third-order valence-electron chi connectivity index (χ3n) is 5.03. The quantitative estimate of drug-likeness (QED) is 0.835. The van der Waals surface area contributed by atoms with Crippen LogP contribution in [0.3, 0.4) is 0 Å². The highest BCUT2D eigenvalue weighted by atomic mass is 32.2. The number of sulfonamides is 1. The van der Waals surface area contributed by atoms with Gasteiger partial charge in [-0.3, -0.25) is 9.21 Å². The fourth-order valence-electron chi connectivity index (χ4n) is 3.89. The van der Waals surface area contributed by atoms with Gasteiger partial charge in [-0.1, -0.05) is 23.4 Å². The number of aromatic nitrogens is 1. The molecular weight excluding hydrogens is 326 g/mol. The fourth-order valence-corrected chi connectivity index (χ4v) is 5.72. The first-order chi connectivity index (χ1) is 11.5. The van der Waals surface area contributed by atoms with E-state index in [-0.39, 0.29) is 10.9 Å². The largest absolute Gasteiger partial charge is 0.360 e. The van der Waals surface area contributed by atoms with Gasteiger partial charge in [-0.05, 0) is 44.9 Å². The molecule has 24 heavy (non-hydrogen) atoms. The summed E-state index contributed by atoms with van der Waals surface area (Å²) >= 11 is 0. The molecule has 1 aromatic carbocycles. The molecular formula is C17H21N3O3S. The van der Waals surface area contributed by atoms with Crippen LogP contribution < -0.4 is 4.31 Å². The molecule has 0 saturated carbocycles. The molecule has 0 bridgehead atoms. The van der Waals surface area contributed by atoms with Crippen LogP contribution in [0, 0.1) is 13.8 Å². The zero-order valence-electron chi connectivity index (χ0n) is 13.9. The summed E-state index contributed by atoms with van der Waals surface area (Å²) in [7, 11) is -3.71. The van der Waals surface area contributed by atoms with Crippen LogP contribution in [0.25, 0.3) is 0 Å². The van der Waals surface area contributed by atoms with Crippen LogP contribution in [0.4, 0.5) is 5.69 Å². The number of nitrogens with zero attached hydrogens (tertiary/aromatic N) is 3. The monoisotopic (exact) mass is 347 g/mol. The smallest absolute Gasteiger partial charge is 0.269 e. The highest BCUT2D eigenvalue weighted by Crippen LogP contribution is 2.36. The number of aryl methyl sites for hydroxylation is 2. The molecule has 0 spiro atoms. The van der Waals surface area contributed by atoms with Crippen molar-refractivity contribution in [3.05, 3.63) is 41.3 Å². The Morgan fingerprint density at radius 3 is 2.79 bits per heavy atom. The summed E-state index contributed by atoms with van der Waals surface area (Å²) in [6, 6.07) is 8.04. The van der Waals surface area contributed by atoms with Gasteiger partial charge in [-0.2, -0.15) is 0 Å². The summed E-state index contributed by atoms with van der Waals surface area (Å²) in [5, 5.41) is 3.83. The van der Waals surface area contributed by atoms with Crippen molar-refractivity contribution in [1.82, 2.24) is 10.1 Å². The predicted molar refractivity (Wildman–Crippen MR) is 90.4 cm³/mol. The minimum atomic E-state index is -3.71. The molecule has 1 atom stereocenters. The van der Waals surface area contributed by atoms with Crippen molar-refractivity contribution in [2.24, 2.45) is 0 Å². The molecule has 1 saturated heterocycles. The molecule has 1 aromatic heterocycles. The molecule has 3 heterocycles. The van der Waals surface area contributed by atoms with E-state index in [4.69, 9.17) is 4.52 Å². The third-order valence-corrected chi connectivity index (χ3v) is 7.05. The second kappa shape index (κ2) is 5.60. The Hall–Kier alpha value is -1.86. The van der Waals surface area contributed by atoms with Crippen molar-refractivity contribution in [2.45, 2.75) is 44.2 Å². The second-order valence-corrected chi connectivity index (χ2v) is 8.38. The first kappa shape index (κ1) is 15.7. The standard InChI is InChI=1S/C17H21N3O3S/c1-12-17(13(2)23-18-12)24(21,22)20-11-15-7-5-9-19(15)10-14-6-3-4-8-16(14)20/h3-4,6,8,15H,5,7,9-11H2,1-2H3/t15-/m0/s1. The van der Waals surface area contributed by atoms with E-state index >= 15 is 0 Å². The molecule has 0 N–H and O–H groups in total. The van der Waals surface area contributed by atoms with E-state index in [1.807, 2.05) is 24.3 Å². The van der Waals surface area contributed by atoms with Crippen molar-refractivity contribution >= 4 is 15.7 Å². The molecule has 0 amide bonds. The van der Waals surface area contributed by atoms with Gasteiger partial charge in [-0.25, -0.2) is 8.42 Å². The summed E-state index contributed by atoms with van der Waals surface area (Å²) in [5.41, 5.74) is 2.24. The summed E-state index contributed by atoms with van der Waals surface area (Å²) in [6.07, 6.45) is 2.15. The normalized spacial score (nSPS) is 21.4. The van der Waals surface area contributed by atoms with E-state index in [0.717, 1.165) is 37.2 Å². The Morgan fingerprint density at radius 1 is 1.25 bits per heavy atom. The lowest BCUT2D eigenvalue weighted by atomic mass is 10.2. The van der Waals surface area contributed by atoms with Gasteiger partial charge in [-0.15, -0.1) is 0 Å². The van der Waals surface area contributed by atoms with E-state index < -0.39 is 10.0 Å². The van der Waals surface area contributed by atoms with E-state index in [2.05, 4.69) is 10.1 Å². The van der Waals surface area contributed by atoms with Crippen molar-refractivity contribution < 1.29 is 12.9 Å². The van der Waals surface area contributed by atoms with Crippen molar-refractivity contribution in [3.8, 4) is 0 Å². The molecule has 7 heteroatoms. The first-order valence-electron chi connectivity index (χ1n) is 8.26. The van der Waals surface area contributed by atoms with E-state index in [1.165, 1.54) is 0 Å². The minimum absolute atomic E-state index is 0.198. The molecule has 0 radical (unpaired) electrons. The number of fused-ring (bicyclic) bond motifs is 2. The van der Waals surface area contributed by atoms with Gasteiger partial charge in [0.25, 0.3) is 10.0 Å². The molecule has 1 fully saturated rings. The van der Waals surface area contributed by atoms with E-state index in [1.54, 1.807) is 18.2 Å². The molecule has 2 aromatic rings. The van der Waals surface area contributed by atoms with Gasteiger partial charge in [0, 0.05) is 19.1 Å². The molecule has 0 unspecified atom stereocenters. The van der Waals surface area contributed by atoms with Crippen LogP contribution in [0.15, 0.2) is 33.7 Å².